The molecule has 8 heteroatoms. The van der Waals surface area contributed by atoms with Crippen molar-refractivity contribution in [1.82, 2.24) is 19.5 Å². The minimum Gasteiger partial charge on any atom is -0.449 e. The molecule has 0 saturated heterocycles. The van der Waals surface area contributed by atoms with Crippen LogP contribution in [0.2, 0.25) is 0 Å². The first-order valence-corrected chi connectivity index (χ1v) is 11.0. The number of nitrogens with zero attached hydrogens (tertiary/aromatic N) is 3. The number of aromatic nitrogens is 4. The number of H-pyrrole nitrogens is 1. The Hall–Kier alpha value is -2.38. The molecule has 2 aromatic rings. The van der Waals surface area contributed by atoms with E-state index in [0.29, 0.717) is 30.0 Å². The first kappa shape index (κ1) is 18.6. The Morgan fingerprint density at radius 1 is 1.14 bits per heavy atom. The Labute approximate surface area is 169 Å². The summed E-state index contributed by atoms with van der Waals surface area (Å²) in [5.41, 5.74) is 0.302. The van der Waals surface area contributed by atoms with Gasteiger partial charge in [-0.3, -0.25) is 15.1 Å². The maximum absolute atomic E-state index is 12.4. The second kappa shape index (κ2) is 7.46. The van der Waals surface area contributed by atoms with Gasteiger partial charge in [-0.1, -0.05) is 25.7 Å². The molecule has 2 N–H and O–H groups in total. The van der Waals surface area contributed by atoms with Crippen molar-refractivity contribution < 1.29 is 9.53 Å². The third-order valence-corrected chi connectivity index (χ3v) is 7.60. The van der Waals surface area contributed by atoms with E-state index in [2.05, 4.69) is 20.3 Å². The minimum absolute atomic E-state index is 0.0913. The van der Waals surface area contributed by atoms with Crippen LogP contribution in [0.1, 0.15) is 51.4 Å². The summed E-state index contributed by atoms with van der Waals surface area (Å²) < 4.78 is 7.30. The summed E-state index contributed by atoms with van der Waals surface area (Å²) in [4.78, 5) is 35.4. The molecule has 5 rings (SSSR count). The molecule has 8 nitrogen and oxygen atoms in total. The van der Waals surface area contributed by atoms with E-state index < -0.39 is 6.09 Å². The van der Waals surface area contributed by atoms with Crippen LogP contribution in [0.5, 0.6) is 0 Å². The van der Waals surface area contributed by atoms with Gasteiger partial charge < -0.3 is 9.30 Å². The van der Waals surface area contributed by atoms with E-state index in [1.165, 1.54) is 57.7 Å². The topological polar surface area (TPSA) is 102 Å². The Balaban J connectivity index is 1.26. The fourth-order valence-corrected chi connectivity index (χ4v) is 6.45. The van der Waals surface area contributed by atoms with Crippen LogP contribution in [0.15, 0.2) is 11.1 Å². The predicted molar refractivity (Wildman–Crippen MR) is 108 cm³/mol. The zero-order valence-electron chi connectivity index (χ0n) is 16.9. The molecule has 3 aliphatic carbocycles. The molecule has 0 aliphatic heterocycles. The molecular weight excluding hydrogens is 370 g/mol. The van der Waals surface area contributed by atoms with E-state index >= 15 is 0 Å². The largest absolute Gasteiger partial charge is 0.449 e. The van der Waals surface area contributed by atoms with Crippen LogP contribution in [0.4, 0.5) is 10.7 Å². The lowest BCUT2D eigenvalue weighted by atomic mass is 9.73. The highest BCUT2D eigenvalue weighted by molar-refractivity contribution is 5.83. The number of aromatic amines is 1. The second-order valence-corrected chi connectivity index (χ2v) is 9.05. The molecule has 3 aliphatic rings. The average molecular weight is 399 g/mol. The Morgan fingerprint density at radius 3 is 2.41 bits per heavy atom. The number of imidazole rings is 1. The molecule has 2 heterocycles. The van der Waals surface area contributed by atoms with Crippen LogP contribution in [0.3, 0.4) is 0 Å². The van der Waals surface area contributed by atoms with Crippen molar-refractivity contribution in [2.45, 2.75) is 51.4 Å². The number of ether oxygens (including phenoxy) is 1. The van der Waals surface area contributed by atoms with Gasteiger partial charge in [-0.05, 0) is 55.3 Å². The molecule has 2 aromatic heterocycles. The number of aryl methyl sites for hydroxylation is 1. The number of carbonyl (C=O) groups excluding carboxylic acids is 1. The van der Waals surface area contributed by atoms with Gasteiger partial charge in [0.1, 0.15) is 0 Å². The Morgan fingerprint density at radius 2 is 1.76 bits per heavy atom. The standard InChI is InChI=1S/C21H29N5O3/c1-26-11-22-17-18(26)23-20(24-19(17)27)25-21(28)29-10-16-14-8-4-2-6-12(14)13-7-3-5-9-15(13)16/h11-16H,2-10H2,1H3,(H2,23,24,25,27,28). The van der Waals surface area contributed by atoms with Gasteiger partial charge in [-0.25, -0.2) is 9.78 Å². The van der Waals surface area contributed by atoms with Gasteiger partial charge in [0.05, 0.1) is 12.9 Å². The van der Waals surface area contributed by atoms with Crippen molar-refractivity contribution in [2.75, 3.05) is 11.9 Å². The summed E-state index contributed by atoms with van der Waals surface area (Å²) in [5, 5.41) is 2.59. The van der Waals surface area contributed by atoms with Crippen LogP contribution in [0.25, 0.3) is 11.2 Å². The zero-order chi connectivity index (χ0) is 20.0. The fraction of sp³-hybridized carbons (Fsp3) is 0.714. The number of amides is 1. The SMILES string of the molecule is Cn1cnc2c(=O)[nH]c(NC(=O)OCC3C4CCCCC4C4CCCCC43)nc21. The first-order valence-electron chi connectivity index (χ1n) is 11.0. The first-order chi connectivity index (χ1) is 14.1. The summed E-state index contributed by atoms with van der Waals surface area (Å²) in [5.74, 6) is 3.63. The molecule has 4 atom stereocenters. The van der Waals surface area contributed by atoms with Crippen molar-refractivity contribution >= 4 is 23.2 Å². The number of nitrogens with one attached hydrogen (secondary N) is 2. The third-order valence-electron chi connectivity index (χ3n) is 7.60. The van der Waals surface area contributed by atoms with E-state index in [1.807, 2.05) is 0 Å². The quantitative estimate of drug-likeness (QED) is 0.823. The molecule has 156 valence electrons. The van der Waals surface area contributed by atoms with Gasteiger partial charge in [-0.15, -0.1) is 0 Å². The molecule has 0 radical (unpaired) electrons. The van der Waals surface area contributed by atoms with Gasteiger partial charge in [0.15, 0.2) is 11.2 Å². The lowest BCUT2D eigenvalue weighted by Crippen LogP contribution is -2.28. The maximum Gasteiger partial charge on any atom is 0.413 e. The summed E-state index contributed by atoms with van der Waals surface area (Å²) in [6.45, 7) is 0.465. The molecule has 0 spiro atoms. The van der Waals surface area contributed by atoms with E-state index in [4.69, 9.17) is 4.74 Å². The Kier molecular flexibility index (Phi) is 4.80. The lowest BCUT2D eigenvalue weighted by molar-refractivity contribution is 0.0958. The monoisotopic (exact) mass is 399 g/mol. The number of rotatable bonds is 3. The van der Waals surface area contributed by atoms with E-state index in [0.717, 1.165) is 11.8 Å². The number of hydrogen-bond donors (Lipinski definition) is 2. The van der Waals surface area contributed by atoms with Crippen LogP contribution < -0.4 is 10.9 Å². The molecule has 4 unspecified atom stereocenters. The van der Waals surface area contributed by atoms with Gasteiger partial charge in [0.2, 0.25) is 5.95 Å². The zero-order valence-corrected chi connectivity index (χ0v) is 16.9. The summed E-state index contributed by atoms with van der Waals surface area (Å²) in [6, 6.07) is 0. The van der Waals surface area contributed by atoms with Crippen molar-refractivity contribution in [1.29, 1.82) is 0 Å². The Bertz CT molecular complexity index is 945. The van der Waals surface area contributed by atoms with Gasteiger partial charge in [0, 0.05) is 7.05 Å². The average Bonchev–Trinajstić information content (AvgIpc) is 3.25. The van der Waals surface area contributed by atoms with Crippen molar-refractivity contribution in [3.05, 3.63) is 16.7 Å². The number of anilines is 1. The predicted octanol–water partition coefficient (Wildman–Crippen LogP) is 3.45. The number of carbonyl (C=O) groups is 1. The van der Waals surface area contributed by atoms with Crippen molar-refractivity contribution in [3.8, 4) is 0 Å². The highest BCUT2D eigenvalue weighted by Crippen LogP contribution is 2.57. The number of hydrogen-bond acceptors (Lipinski definition) is 5. The minimum atomic E-state index is -0.554. The molecular formula is C21H29N5O3. The second-order valence-electron chi connectivity index (χ2n) is 9.05. The van der Waals surface area contributed by atoms with Gasteiger partial charge in [-0.2, -0.15) is 4.98 Å². The van der Waals surface area contributed by atoms with Crippen LogP contribution in [0, 0.1) is 29.6 Å². The lowest BCUT2D eigenvalue weighted by Gasteiger charge is -2.32. The van der Waals surface area contributed by atoms with Crippen LogP contribution in [-0.2, 0) is 11.8 Å². The highest BCUT2D eigenvalue weighted by Gasteiger charge is 2.51. The van der Waals surface area contributed by atoms with Gasteiger partial charge >= 0.3 is 6.09 Å². The van der Waals surface area contributed by atoms with E-state index in [-0.39, 0.29) is 17.0 Å². The summed E-state index contributed by atoms with van der Waals surface area (Å²) in [7, 11) is 1.76. The molecule has 1 amide bonds. The molecule has 3 saturated carbocycles. The molecule has 0 bridgehead atoms. The summed E-state index contributed by atoms with van der Waals surface area (Å²) in [6.07, 6.45) is 11.5. The number of fused-ring (bicyclic) bond motifs is 4. The third kappa shape index (κ3) is 3.32. The van der Waals surface area contributed by atoms with E-state index in [1.54, 1.807) is 11.6 Å². The van der Waals surface area contributed by atoms with E-state index in [9.17, 15) is 9.59 Å². The fourth-order valence-electron chi connectivity index (χ4n) is 6.45. The summed E-state index contributed by atoms with van der Waals surface area (Å²) >= 11 is 0. The normalized spacial score (nSPS) is 31.3. The molecule has 3 fully saturated rings. The van der Waals surface area contributed by atoms with Crippen LogP contribution in [-0.4, -0.2) is 32.2 Å². The van der Waals surface area contributed by atoms with Crippen molar-refractivity contribution in [3.63, 3.8) is 0 Å². The molecule has 0 aromatic carbocycles. The van der Waals surface area contributed by atoms with Crippen LogP contribution >= 0.6 is 0 Å². The smallest absolute Gasteiger partial charge is 0.413 e. The highest BCUT2D eigenvalue weighted by atomic mass is 16.5. The maximum atomic E-state index is 12.4. The van der Waals surface area contributed by atoms with Crippen molar-refractivity contribution in [2.24, 2.45) is 36.6 Å². The molecule has 29 heavy (non-hydrogen) atoms. The van der Waals surface area contributed by atoms with Gasteiger partial charge in [0.25, 0.3) is 5.56 Å².